The van der Waals surface area contributed by atoms with Crippen molar-refractivity contribution in [1.29, 1.82) is 0 Å². The smallest absolute Gasteiger partial charge is 0.348 e. The maximum absolute atomic E-state index is 11.3. The first-order valence-electron chi connectivity index (χ1n) is 7.20. The number of rotatable bonds is 2. The number of carboxylic acids is 1. The van der Waals surface area contributed by atoms with Crippen molar-refractivity contribution in [2.45, 2.75) is 25.5 Å². The summed E-state index contributed by atoms with van der Waals surface area (Å²) in [5, 5.41) is 15.4. The molecule has 7 heteroatoms. The van der Waals surface area contributed by atoms with E-state index in [9.17, 15) is 9.90 Å². The van der Waals surface area contributed by atoms with Crippen LogP contribution in [0.3, 0.4) is 0 Å². The summed E-state index contributed by atoms with van der Waals surface area (Å²) < 4.78 is 8.56. The SMILES string of the molecule is Nc1c(C(=O)O)sc2c1ccc1c2cnn1C1CCCCO1. The molecule has 3 aromatic rings. The molecule has 6 nitrogen and oxygen atoms in total. The number of carbonyl (C=O) groups is 1. The first-order chi connectivity index (χ1) is 10.7. The van der Waals surface area contributed by atoms with E-state index in [0.717, 1.165) is 46.9 Å². The number of nitrogens with zero attached hydrogens (tertiary/aromatic N) is 2. The Morgan fingerprint density at radius 1 is 1.41 bits per heavy atom. The average molecular weight is 317 g/mol. The lowest BCUT2D eigenvalue weighted by Crippen LogP contribution is -2.18. The number of carboxylic acid groups (broad SMARTS) is 1. The number of benzene rings is 1. The first kappa shape index (κ1) is 13.5. The van der Waals surface area contributed by atoms with Gasteiger partial charge in [0, 0.05) is 22.1 Å². The van der Waals surface area contributed by atoms with Gasteiger partial charge in [-0.25, -0.2) is 9.48 Å². The zero-order chi connectivity index (χ0) is 15.3. The first-order valence-corrected chi connectivity index (χ1v) is 8.01. The number of nitrogens with two attached hydrogens (primary N) is 1. The molecule has 0 amide bonds. The molecule has 3 N–H and O–H groups in total. The minimum atomic E-state index is -0.991. The van der Waals surface area contributed by atoms with Crippen LogP contribution in [-0.4, -0.2) is 27.5 Å². The maximum atomic E-state index is 11.3. The van der Waals surface area contributed by atoms with Crippen LogP contribution in [0.2, 0.25) is 0 Å². The molecular formula is C15H15N3O3S. The lowest BCUT2D eigenvalue weighted by molar-refractivity contribution is -0.0366. The summed E-state index contributed by atoms with van der Waals surface area (Å²) in [7, 11) is 0. The molecule has 3 heterocycles. The Bertz CT molecular complexity index is 877. The van der Waals surface area contributed by atoms with Gasteiger partial charge in [-0.05, 0) is 31.4 Å². The molecule has 1 aliphatic rings. The number of fused-ring (bicyclic) bond motifs is 3. The topological polar surface area (TPSA) is 90.4 Å². The number of aromatic nitrogens is 2. The molecule has 1 aromatic carbocycles. The van der Waals surface area contributed by atoms with E-state index in [1.54, 1.807) is 6.20 Å². The molecule has 0 aliphatic carbocycles. The summed E-state index contributed by atoms with van der Waals surface area (Å²) in [4.78, 5) is 11.5. The van der Waals surface area contributed by atoms with Crippen molar-refractivity contribution in [3.05, 3.63) is 23.2 Å². The van der Waals surface area contributed by atoms with Crippen LogP contribution in [0.15, 0.2) is 18.3 Å². The van der Waals surface area contributed by atoms with Gasteiger partial charge in [0.05, 0.1) is 17.4 Å². The van der Waals surface area contributed by atoms with Crippen molar-refractivity contribution >= 4 is 44.0 Å². The second-order valence-electron chi connectivity index (χ2n) is 5.44. The maximum Gasteiger partial charge on any atom is 0.348 e. The van der Waals surface area contributed by atoms with Crippen LogP contribution in [0.4, 0.5) is 5.69 Å². The number of anilines is 1. The van der Waals surface area contributed by atoms with Gasteiger partial charge >= 0.3 is 5.97 Å². The fourth-order valence-electron chi connectivity index (χ4n) is 3.00. The van der Waals surface area contributed by atoms with E-state index in [1.165, 1.54) is 11.3 Å². The largest absolute Gasteiger partial charge is 0.477 e. The Kier molecular flexibility index (Phi) is 3.05. The number of hydrogen-bond donors (Lipinski definition) is 2. The molecule has 2 aromatic heterocycles. The molecule has 1 unspecified atom stereocenters. The highest BCUT2D eigenvalue weighted by Crippen LogP contribution is 2.39. The zero-order valence-corrected chi connectivity index (χ0v) is 12.6. The second-order valence-corrected chi connectivity index (χ2v) is 6.46. The molecular weight excluding hydrogens is 302 g/mol. The number of ether oxygens (including phenoxy) is 1. The normalized spacial score (nSPS) is 19.0. The van der Waals surface area contributed by atoms with Crippen molar-refractivity contribution in [2.24, 2.45) is 0 Å². The molecule has 1 aliphatic heterocycles. The molecule has 0 saturated carbocycles. The van der Waals surface area contributed by atoms with Gasteiger partial charge in [-0.2, -0.15) is 5.10 Å². The number of hydrogen-bond acceptors (Lipinski definition) is 5. The fourth-order valence-corrected chi connectivity index (χ4v) is 4.07. The van der Waals surface area contributed by atoms with E-state index in [0.29, 0.717) is 5.69 Å². The van der Waals surface area contributed by atoms with Crippen molar-refractivity contribution < 1.29 is 14.6 Å². The molecule has 4 rings (SSSR count). The summed E-state index contributed by atoms with van der Waals surface area (Å²) in [5.74, 6) is -0.991. The van der Waals surface area contributed by atoms with Crippen molar-refractivity contribution in [3.8, 4) is 0 Å². The van der Waals surface area contributed by atoms with E-state index in [1.807, 2.05) is 16.8 Å². The second kappa shape index (κ2) is 4.96. The summed E-state index contributed by atoms with van der Waals surface area (Å²) in [5.41, 5.74) is 7.24. The molecule has 0 radical (unpaired) electrons. The van der Waals surface area contributed by atoms with E-state index >= 15 is 0 Å². The summed E-state index contributed by atoms with van der Waals surface area (Å²) in [6.07, 6.45) is 4.89. The van der Waals surface area contributed by atoms with Gasteiger partial charge in [0.15, 0.2) is 6.23 Å². The Morgan fingerprint density at radius 3 is 3.00 bits per heavy atom. The Labute approximate surface area is 130 Å². The molecule has 0 bridgehead atoms. The number of aromatic carboxylic acids is 1. The van der Waals surface area contributed by atoms with Crippen LogP contribution in [0.5, 0.6) is 0 Å². The van der Waals surface area contributed by atoms with Crippen molar-refractivity contribution in [2.75, 3.05) is 12.3 Å². The lowest BCUT2D eigenvalue weighted by Gasteiger charge is -2.23. The van der Waals surface area contributed by atoms with Crippen LogP contribution >= 0.6 is 11.3 Å². The predicted molar refractivity (Wildman–Crippen MR) is 85.3 cm³/mol. The third-order valence-electron chi connectivity index (χ3n) is 4.09. The van der Waals surface area contributed by atoms with Gasteiger partial charge in [-0.1, -0.05) is 0 Å². The monoisotopic (exact) mass is 317 g/mol. The molecule has 114 valence electrons. The molecule has 22 heavy (non-hydrogen) atoms. The predicted octanol–water partition coefficient (Wildman–Crippen LogP) is 3.23. The highest BCUT2D eigenvalue weighted by atomic mass is 32.1. The van der Waals surface area contributed by atoms with Crippen LogP contribution in [0.25, 0.3) is 21.0 Å². The van der Waals surface area contributed by atoms with Gasteiger partial charge in [-0.3, -0.25) is 0 Å². The standard InChI is InChI=1S/C15H15N3O3S/c16-12-8-4-5-10-9(13(8)22-14(12)15(19)20)7-17-18(10)11-3-1-2-6-21-11/h4-5,7,11H,1-3,6,16H2,(H,19,20). The van der Waals surface area contributed by atoms with Crippen LogP contribution < -0.4 is 5.73 Å². The quantitative estimate of drug-likeness (QED) is 0.757. The fraction of sp³-hybridized carbons (Fsp3) is 0.333. The Hall–Kier alpha value is -2.12. The average Bonchev–Trinajstić information content (AvgIpc) is 3.09. The third-order valence-corrected chi connectivity index (χ3v) is 5.34. The Morgan fingerprint density at radius 2 is 2.27 bits per heavy atom. The minimum Gasteiger partial charge on any atom is -0.477 e. The van der Waals surface area contributed by atoms with Gasteiger partial charge in [-0.15, -0.1) is 11.3 Å². The molecule has 1 fully saturated rings. The van der Waals surface area contributed by atoms with Crippen LogP contribution in [-0.2, 0) is 4.74 Å². The van der Waals surface area contributed by atoms with Crippen LogP contribution in [0.1, 0.15) is 35.2 Å². The van der Waals surface area contributed by atoms with E-state index in [-0.39, 0.29) is 11.1 Å². The number of nitrogen functional groups attached to an aromatic ring is 1. The highest BCUT2D eigenvalue weighted by molar-refractivity contribution is 7.22. The van der Waals surface area contributed by atoms with Crippen molar-refractivity contribution in [1.82, 2.24) is 9.78 Å². The van der Waals surface area contributed by atoms with Gasteiger partial charge < -0.3 is 15.6 Å². The zero-order valence-electron chi connectivity index (χ0n) is 11.8. The minimum absolute atomic E-state index is 0.0417. The lowest BCUT2D eigenvalue weighted by atomic mass is 10.1. The van der Waals surface area contributed by atoms with Gasteiger partial charge in [0.2, 0.25) is 0 Å². The summed E-state index contributed by atoms with van der Waals surface area (Å²) in [6, 6.07) is 3.81. The Balaban J connectivity index is 1.92. The third kappa shape index (κ3) is 1.89. The van der Waals surface area contributed by atoms with E-state index in [4.69, 9.17) is 10.5 Å². The van der Waals surface area contributed by atoms with E-state index in [2.05, 4.69) is 5.10 Å². The molecule has 0 spiro atoms. The van der Waals surface area contributed by atoms with Gasteiger partial charge in [0.1, 0.15) is 4.88 Å². The summed E-state index contributed by atoms with van der Waals surface area (Å²) >= 11 is 1.20. The van der Waals surface area contributed by atoms with Gasteiger partial charge in [0.25, 0.3) is 0 Å². The highest BCUT2D eigenvalue weighted by Gasteiger charge is 2.22. The summed E-state index contributed by atoms with van der Waals surface area (Å²) in [6.45, 7) is 0.753. The van der Waals surface area contributed by atoms with Crippen LogP contribution in [0, 0.1) is 0 Å². The molecule has 1 saturated heterocycles. The van der Waals surface area contributed by atoms with E-state index < -0.39 is 5.97 Å². The van der Waals surface area contributed by atoms with Crippen molar-refractivity contribution in [3.63, 3.8) is 0 Å². The molecule has 1 atom stereocenters. The number of thiophene rings is 1.